The zero-order valence-electron chi connectivity index (χ0n) is 50.2. The fraction of sp³-hybridized carbons (Fsp3) is 0.455. The number of benzene rings is 3. The summed E-state index contributed by atoms with van der Waals surface area (Å²) in [5, 5.41) is 21.6. The molecule has 6 aromatic rings. The van der Waals surface area contributed by atoms with Gasteiger partial charge in [0, 0.05) is 100 Å². The van der Waals surface area contributed by atoms with Crippen LogP contribution in [-0.4, -0.2) is 121 Å². The molecule has 2 aliphatic carbocycles. The van der Waals surface area contributed by atoms with Crippen LogP contribution in [0.3, 0.4) is 0 Å². The number of carbonyl (C=O) groups is 4. The van der Waals surface area contributed by atoms with E-state index in [4.69, 9.17) is 14.2 Å². The number of amides is 4. The fourth-order valence-corrected chi connectivity index (χ4v) is 14.4. The van der Waals surface area contributed by atoms with Gasteiger partial charge in [0.05, 0.1) is 52.5 Å². The highest BCUT2D eigenvalue weighted by molar-refractivity contribution is 7.93. The molecule has 3 aromatic heterocycles. The molecule has 476 valence electrons. The Kier molecular flexibility index (Phi) is 22.0. The molecular formula is C66H75F3N10O9S2. The third-order valence-electron chi connectivity index (χ3n) is 17.5. The summed E-state index contributed by atoms with van der Waals surface area (Å²) in [7, 11) is -2.37. The van der Waals surface area contributed by atoms with Crippen molar-refractivity contribution in [2.75, 3.05) is 51.2 Å². The van der Waals surface area contributed by atoms with Crippen molar-refractivity contribution in [3.63, 3.8) is 0 Å². The maximum absolute atomic E-state index is 13.8. The molecule has 19 nitrogen and oxygen atoms in total. The van der Waals surface area contributed by atoms with Gasteiger partial charge in [0.2, 0.25) is 23.6 Å². The first-order valence-electron chi connectivity index (χ1n) is 30.8. The molecular weight excluding hydrogens is 1200 g/mol. The molecule has 0 bridgehead atoms. The van der Waals surface area contributed by atoms with Crippen molar-refractivity contribution in [3.05, 3.63) is 137 Å². The van der Waals surface area contributed by atoms with Gasteiger partial charge in [0.25, 0.3) is 10.0 Å². The lowest BCUT2D eigenvalue weighted by Gasteiger charge is -2.36. The summed E-state index contributed by atoms with van der Waals surface area (Å²) in [6.07, 6.45) is 12.5. The van der Waals surface area contributed by atoms with E-state index in [0.29, 0.717) is 92.6 Å². The predicted octanol–water partition coefficient (Wildman–Crippen LogP) is 10.6. The number of nitrogens with zero attached hydrogens (tertiary/aromatic N) is 6. The summed E-state index contributed by atoms with van der Waals surface area (Å²) in [5.41, 5.74) is 2.62. The number of ether oxygens (including phenoxy) is 3. The topological polar surface area (TPSA) is 247 Å². The van der Waals surface area contributed by atoms with Crippen LogP contribution in [0.5, 0.6) is 11.5 Å². The number of thiazole rings is 1. The summed E-state index contributed by atoms with van der Waals surface area (Å²) >= 11 is 1.10. The minimum Gasteiger partial charge on any atom is -0.455 e. The van der Waals surface area contributed by atoms with Crippen molar-refractivity contribution in [2.45, 2.75) is 132 Å². The van der Waals surface area contributed by atoms with Crippen molar-refractivity contribution in [1.29, 1.82) is 5.26 Å². The van der Waals surface area contributed by atoms with Gasteiger partial charge in [-0.3, -0.25) is 33.9 Å². The summed E-state index contributed by atoms with van der Waals surface area (Å²) in [6, 6.07) is 22.9. The van der Waals surface area contributed by atoms with E-state index in [2.05, 4.69) is 35.6 Å². The second-order valence-electron chi connectivity index (χ2n) is 23.6. The van der Waals surface area contributed by atoms with Crippen LogP contribution in [0.2, 0.25) is 0 Å². The van der Waals surface area contributed by atoms with Gasteiger partial charge in [-0.1, -0.05) is 24.3 Å². The normalized spacial score (nSPS) is 20.7. The first kappa shape index (κ1) is 65.1. The molecule has 5 heterocycles. The van der Waals surface area contributed by atoms with E-state index in [0.717, 1.165) is 99.7 Å². The summed E-state index contributed by atoms with van der Waals surface area (Å²) in [4.78, 5) is 68.4. The van der Waals surface area contributed by atoms with Crippen molar-refractivity contribution in [1.82, 2.24) is 40.7 Å². The van der Waals surface area contributed by atoms with E-state index in [-0.39, 0.29) is 87.3 Å². The van der Waals surface area contributed by atoms with Crippen molar-refractivity contribution < 1.29 is 55.0 Å². The molecule has 0 spiro atoms. The second-order valence-corrected chi connectivity index (χ2v) is 26.1. The van der Waals surface area contributed by atoms with Crippen molar-refractivity contribution >= 4 is 50.1 Å². The van der Waals surface area contributed by atoms with E-state index in [1.165, 1.54) is 30.5 Å². The van der Waals surface area contributed by atoms with E-state index < -0.39 is 27.7 Å². The number of likely N-dealkylation sites (tertiary alicyclic amines) is 2. The lowest BCUT2D eigenvalue weighted by molar-refractivity contribution is -0.138. The third kappa shape index (κ3) is 17.2. The summed E-state index contributed by atoms with van der Waals surface area (Å²) < 4.78 is 88.8. The van der Waals surface area contributed by atoms with Crippen LogP contribution in [0.1, 0.15) is 118 Å². The Morgan fingerprint density at radius 2 is 1.56 bits per heavy atom. The van der Waals surface area contributed by atoms with Crippen molar-refractivity contribution in [2.24, 2.45) is 17.8 Å². The number of nitrogens with one attached hydrogen (secondary N) is 4. The molecule has 10 rings (SSSR count). The lowest BCUT2D eigenvalue weighted by atomic mass is 9.84. The standard InChI is InChI=1S/C66H75F3N10O9S2/c1-78-61(81)39-57(62(78)48-6-3-25-71-41-48)63(82)74-28-33-87-54-16-14-53(15-17-54)86-32-4-8-60(80)76-51-12-9-44(10-13-51)64(83)79-30-23-43(24-31-79)21-26-72-42-52-36-47(22-27-73-52)56-38-46(45-5-2-7-50(35-45)66(67,68)69)11-19-59(56)88-58-20-18-55(37-49(58)40-70)90(84,85)77-65-75-29-34-89-65/h2-3,5-7,11,18-20,22,25,27,29,34-38,41,43-44,51,53-54,57,62,72H,4,8-10,12-17,21,23-24,26,28,30-33,39,42H2,1H3,(H,74,82)(H,75,77)(H,76,80)/t44?,51?,53?,54?,57-,62+/m0/s1. The van der Waals surface area contributed by atoms with E-state index >= 15 is 0 Å². The number of anilines is 1. The number of aromatic nitrogens is 3. The van der Waals surface area contributed by atoms with E-state index in [9.17, 15) is 46.0 Å². The number of pyridine rings is 2. The minimum atomic E-state index is -4.56. The third-order valence-corrected chi connectivity index (χ3v) is 19.7. The number of hydrogen-bond acceptors (Lipinski definition) is 15. The number of nitriles is 1. The van der Waals surface area contributed by atoms with Crippen LogP contribution < -0.4 is 25.4 Å². The van der Waals surface area contributed by atoms with Gasteiger partial charge in [0.15, 0.2) is 5.13 Å². The van der Waals surface area contributed by atoms with Gasteiger partial charge in [-0.05, 0) is 172 Å². The molecule has 4 N–H and O–H groups in total. The number of carbonyl (C=O) groups excluding carboxylic acids is 4. The average Bonchev–Trinajstić information content (AvgIpc) is 1.92. The Balaban J connectivity index is 0.614. The first-order chi connectivity index (χ1) is 43.5. The van der Waals surface area contributed by atoms with Crippen LogP contribution in [0, 0.1) is 29.1 Å². The Morgan fingerprint density at radius 1 is 0.800 bits per heavy atom. The Labute approximate surface area is 526 Å². The largest absolute Gasteiger partial charge is 0.455 e. The lowest BCUT2D eigenvalue weighted by Crippen LogP contribution is -2.45. The Hall–Kier alpha value is -7.82. The molecule has 4 amide bonds. The molecule has 2 saturated heterocycles. The SMILES string of the molecule is CN1C(=O)C[C@H](C(=O)NCCOC2CCC(OCCCC(=O)NC3CCC(C(=O)N4CCC(CCNCc5cc(-c6cc(-c7cccc(C(F)(F)F)c7)ccc6Oc6ccc(S(=O)(=O)Nc7nccs7)cc6C#N)ccn5)CC4)CC3)CC2)[C@H]1c1cccnc1. The number of rotatable bonds is 25. The minimum absolute atomic E-state index is 0.00994. The molecule has 2 aliphatic heterocycles. The smallest absolute Gasteiger partial charge is 0.416 e. The van der Waals surface area contributed by atoms with Crippen LogP contribution in [0.15, 0.2) is 120 Å². The van der Waals surface area contributed by atoms with Crippen molar-refractivity contribution in [3.8, 4) is 39.8 Å². The molecule has 2 atom stereocenters. The average molecular weight is 1270 g/mol. The van der Waals surface area contributed by atoms with Gasteiger partial charge in [-0.25, -0.2) is 13.4 Å². The number of sulfonamides is 1. The monoisotopic (exact) mass is 1270 g/mol. The highest BCUT2D eigenvalue weighted by Gasteiger charge is 2.43. The molecule has 4 aliphatic rings. The summed E-state index contributed by atoms with van der Waals surface area (Å²) in [5.74, 6) is 0.217. The van der Waals surface area contributed by atoms with Gasteiger partial charge >= 0.3 is 6.18 Å². The molecule has 4 fully saturated rings. The predicted molar refractivity (Wildman–Crippen MR) is 332 cm³/mol. The first-order valence-corrected chi connectivity index (χ1v) is 33.2. The molecule has 2 saturated carbocycles. The van der Waals surface area contributed by atoms with E-state index in [1.54, 1.807) is 66.3 Å². The van der Waals surface area contributed by atoms with Gasteiger partial charge in [0.1, 0.15) is 17.6 Å². The van der Waals surface area contributed by atoms with Crippen LogP contribution in [-0.2, 0) is 51.4 Å². The molecule has 0 unspecified atom stereocenters. The van der Waals surface area contributed by atoms with E-state index in [1.807, 2.05) is 29.2 Å². The number of halogens is 3. The quantitative estimate of drug-likeness (QED) is 0.0390. The molecule has 24 heteroatoms. The van der Waals surface area contributed by atoms with Crippen LogP contribution in [0.4, 0.5) is 18.3 Å². The highest BCUT2D eigenvalue weighted by atomic mass is 32.2. The number of alkyl halides is 3. The number of piperidine rings is 1. The van der Waals surface area contributed by atoms with Crippen LogP contribution >= 0.6 is 11.3 Å². The molecule has 90 heavy (non-hydrogen) atoms. The Morgan fingerprint density at radius 3 is 2.28 bits per heavy atom. The van der Waals surface area contributed by atoms with Crippen LogP contribution in [0.25, 0.3) is 22.3 Å². The molecule has 0 radical (unpaired) electrons. The zero-order chi connectivity index (χ0) is 63.2. The van der Waals surface area contributed by atoms with Gasteiger partial charge in [-0.2, -0.15) is 18.4 Å². The second kappa shape index (κ2) is 30.3. The fourth-order valence-electron chi connectivity index (χ4n) is 12.6. The highest BCUT2D eigenvalue weighted by Crippen LogP contribution is 2.41. The van der Waals surface area contributed by atoms with Gasteiger partial charge in [-0.15, -0.1) is 11.3 Å². The number of hydrogen-bond donors (Lipinski definition) is 4. The molecule has 3 aromatic carbocycles. The summed E-state index contributed by atoms with van der Waals surface area (Å²) in [6.45, 7) is 3.79. The Bertz CT molecular complexity index is 3590. The maximum atomic E-state index is 13.8. The zero-order valence-corrected chi connectivity index (χ0v) is 51.8. The maximum Gasteiger partial charge on any atom is 0.416 e. The van der Waals surface area contributed by atoms with Gasteiger partial charge < -0.3 is 40.0 Å².